The summed E-state index contributed by atoms with van der Waals surface area (Å²) in [4.78, 5) is 21.7. The lowest BCUT2D eigenvalue weighted by atomic mass is 10.1. The van der Waals surface area contributed by atoms with Gasteiger partial charge in [0.2, 0.25) is 0 Å². The van der Waals surface area contributed by atoms with Gasteiger partial charge < -0.3 is 15.0 Å². The van der Waals surface area contributed by atoms with E-state index in [4.69, 9.17) is 4.80 Å². The van der Waals surface area contributed by atoms with Gasteiger partial charge in [-0.25, -0.2) is 13.0 Å². The molecule has 0 aromatic heterocycles. The van der Waals surface area contributed by atoms with Crippen LogP contribution in [0.15, 0.2) is 0 Å². The number of hydrogen-bond acceptors (Lipinski definition) is 2. The van der Waals surface area contributed by atoms with Crippen LogP contribution >= 0.6 is 0 Å². The Balaban J connectivity index is 2.40. The number of hydrogen-bond donors (Lipinski definition) is 2. The van der Waals surface area contributed by atoms with Gasteiger partial charge in [-0.15, -0.1) is 0 Å². The Hall–Kier alpha value is -0.693. The molecule has 0 saturated carbocycles. The zero-order chi connectivity index (χ0) is 12.9. The highest BCUT2D eigenvalue weighted by Gasteiger charge is 2.43. The lowest BCUT2D eigenvalue weighted by Crippen LogP contribution is -2.35. The molecule has 17 heavy (non-hydrogen) atoms. The second-order valence-electron chi connectivity index (χ2n) is 4.43. The number of nitrogens with zero attached hydrogens (tertiary/aromatic N) is 1. The fraction of sp³-hybridized carbons (Fsp3) is 0.900. The van der Waals surface area contributed by atoms with Crippen LogP contribution < -0.4 is 5.32 Å². The van der Waals surface area contributed by atoms with Crippen LogP contribution in [0.5, 0.6) is 0 Å². The molecule has 1 saturated heterocycles. The molecule has 1 heterocycles. The lowest BCUT2D eigenvalue weighted by molar-refractivity contribution is 0.214. The van der Waals surface area contributed by atoms with Crippen molar-refractivity contribution in [2.75, 3.05) is 19.6 Å². The van der Waals surface area contributed by atoms with Gasteiger partial charge in [-0.1, -0.05) is 19.8 Å². The highest BCUT2D eigenvalue weighted by atomic mass is 28.4. The van der Waals surface area contributed by atoms with Crippen molar-refractivity contribution in [3.05, 3.63) is 0 Å². The number of nitrogens with one attached hydrogen (secondary N) is 1. The van der Waals surface area contributed by atoms with E-state index in [0.29, 0.717) is 32.5 Å². The van der Waals surface area contributed by atoms with E-state index in [2.05, 4.69) is 5.32 Å². The summed E-state index contributed by atoms with van der Waals surface area (Å²) in [6.07, 6.45) is 2.08. The van der Waals surface area contributed by atoms with Gasteiger partial charge in [0.1, 0.15) is 0 Å². The molecule has 2 N–H and O–H groups in total. The Morgan fingerprint density at radius 1 is 1.53 bits per heavy atom. The van der Waals surface area contributed by atoms with Crippen LogP contribution in [0.1, 0.15) is 32.6 Å². The first-order valence-electron chi connectivity index (χ1n) is 6.08. The van der Waals surface area contributed by atoms with E-state index in [9.17, 15) is 13.0 Å². The average molecular weight is 266 g/mol. The summed E-state index contributed by atoms with van der Waals surface area (Å²) in [5, 5.41) is 2.62. The molecular weight excluding hydrogens is 246 g/mol. The molecule has 1 aliphatic heterocycles. The zero-order valence-electron chi connectivity index (χ0n) is 10.1. The number of carbonyl (C=O) groups excluding carboxylic acids is 1. The highest BCUT2D eigenvalue weighted by molar-refractivity contribution is 6.59. The van der Waals surface area contributed by atoms with Gasteiger partial charge in [-0.2, -0.15) is 0 Å². The van der Waals surface area contributed by atoms with Crippen LogP contribution in [0.25, 0.3) is 0 Å². The Bertz CT molecular complexity index is 261. The molecule has 0 radical (unpaired) electrons. The second-order valence-corrected chi connectivity index (χ2v) is 6.43. The fourth-order valence-electron chi connectivity index (χ4n) is 1.98. The van der Waals surface area contributed by atoms with Gasteiger partial charge in [0, 0.05) is 25.2 Å². The molecule has 1 fully saturated rings. The molecule has 0 aromatic carbocycles. The van der Waals surface area contributed by atoms with Gasteiger partial charge in [-0.05, 0) is 12.8 Å². The third kappa shape index (κ3) is 4.59. The second kappa shape index (κ2) is 6.30. The topological polar surface area (TPSA) is 52.6 Å². The van der Waals surface area contributed by atoms with E-state index in [1.807, 2.05) is 6.92 Å². The van der Waals surface area contributed by atoms with E-state index in [1.54, 1.807) is 0 Å². The number of rotatable bonds is 7. The van der Waals surface area contributed by atoms with Crippen molar-refractivity contribution >= 4 is 15.0 Å². The molecule has 0 aliphatic carbocycles. The minimum Gasteiger partial charge on any atom is -0.384 e. The summed E-state index contributed by atoms with van der Waals surface area (Å²) in [6, 6.07) is -0.192. The SMILES string of the molecule is CCCCC(CCN1CCNC1=O)[Si](O)(F)F. The number of halogens is 2. The molecule has 1 atom stereocenters. The standard InChI is InChI=1S/C10H20F2N2O2Si/c1-2-3-4-9(17(11,12)16)5-7-14-8-6-13-10(14)15/h9,16H,2-8H2,1H3,(H,13,15). The van der Waals surface area contributed by atoms with Crippen LogP contribution in [0, 0.1) is 0 Å². The maximum Gasteiger partial charge on any atom is 0.578 e. The molecule has 7 heteroatoms. The Labute approximate surface area is 101 Å². The van der Waals surface area contributed by atoms with Crippen LogP contribution in [0.3, 0.4) is 0 Å². The average Bonchev–Trinajstić information content (AvgIpc) is 2.62. The van der Waals surface area contributed by atoms with Gasteiger partial charge in [0.05, 0.1) is 0 Å². The third-order valence-electron chi connectivity index (χ3n) is 3.09. The number of unbranched alkanes of at least 4 members (excludes halogenated alkanes) is 1. The lowest BCUT2D eigenvalue weighted by Gasteiger charge is -2.21. The summed E-state index contributed by atoms with van der Waals surface area (Å²) in [7, 11) is -5.08. The van der Waals surface area contributed by atoms with E-state index < -0.39 is 14.5 Å². The summed E-state index contributed by atoms with van der Waals surface area (Å²) in [6.45, 7) is 3.38. The fourth-order valence-corrected chi connectivity index (χ4v) is 3.01. The van der Waals surface area contributed by atoms with E-state index in [-0.39, 0.29) is 12.5 Å². The minimum atomic E-state index is -5.08. The number of urea groups is 1. The molecule has 0 aromatic rings. The molecule has 100 valence electrons. The first-order valence-corrected chi connectivity index (χ1v) is 7.86. The van der Waals surface area contributed by atoms with Crippen molar-refractivity contribution in [3.63, 3.8) is 0 Å². The van der Waals surface area contributed by atoms with Gasteiger partial charge in [-0.3, -0.25) is 0 Å². The molecule has 0 spiro atoms. The predicted octanol–water partition coefficient (Wildman–Crippen LogP) is 1.83. The molecule has 1 aliphatic rings. The number of carbonyl (C=O) groups is 1. The van der Waals surface area contributed by atoms with E-state index >= 15 is 0 Å². The number of amides is 2. The van der Waals surface area contributed by atoms with Crippen molar-refractivity contribution in [2.45, 2.75) is 38.1 Å². The molecule has 1 unspecified atom stereocenters. The van der Waals surface area contributed by atoms with Crippen LogP contribution in [0.4, 0.5) is 13.0 Å². The highest BCUT2D eigenvalue weighted by Crippen LogP contribution is 2.31. The van der Waals surface area contributed by atoms with Crippen molar-refractivity contribution < 1.29 is 17.8 Å². The summed E-state index contributed by atoms with van der Waals surface area (Å²) < 4.78 is 26.1. The first kappa shape index (κ1) is 14.4. The molecule has 0 bridgehead atoms. The first-order chi connectivity index (χ1) is 7.95. The maximum atomic E-state index is 13.1. The zero-order valence-corrected chi connectivity index (χ0v) is 11.1. The molecule has 1 rings (SSSR count). The minimum absolute atomic E-state index is 0.192. The monoisotopic (exact) mass is 266 g/mol. The van der Waals surface area contributed by atoms with Crippen LogP contribution in [-0.4, -0.2) is 44.3 Å². The van der Waals surface area contributed by atoms with Gasteiger partial charge in [0.25, 0.3) is 0 Å². The summed E-state index contributed by atoms with van der Waals surface area (Å²) >= 11 is 0. The molecule has 4 nitrogen and oxygen atoms in total. The van der Waals surface area contributed by atoms with Crippen molar-refractivity contribution in [2.24, 2.45) is 0 Å². The smallest absolute Gasteiger partial charge is 0.384 e. The van der Waals surface area contributed by atoms with Crippen LogP contribution in [0.2, 0.25) is 5.54 Å². The Kier molecular flexibility index (Phi) is 5.32. The maximum absolute atomic E-state index is 13.1. The molecular formula is C10H20F2N2O2Si. The van der Waals surface area contributed by atoms with Gasteiger partial charge in [0.15, 0.2) is 0 Å². The predicted molar refractivity (Wildman–Crippen MR) is 63.1 cm³/mol. The Morgan fingerprint density at radius 3 is 2.71 bits per heavy atom. The summed E-state index contributed by atoms with van der Waals surface area (Å²) in [5.74, 6) is 0. The normalized spacial score (nSPS) is 18.4. The molecule has 2 amide bonds. The van der Waals surface area contributed by atoms with Crippen molar-refractivity contribution in [1.82, 2.24) is 10.2 Å². The van der Waals surface area contributed by atoms with Crippen molar-refractivity contribution in [1.29, 1.82) is 0 Å². The Morgan fingerprint density at radius 2 is 2.24 bits per heavy atom. The largest absolute Gasteiger partial charge is 0.578 e. The third-order valence-corrected chi connectivity index (χ3v) is 4.65. The van der Waals surface area contributed by atoms with E-state index in [1.165, 1.54) is 4.90 Å². The van der Waals surface area contributed by atoms with Crippen LogP contribution in [-0.2, 0) is 0 Å². The van der Waals surface area contributed by atoms with Gasteiger partial charge >= 0.3 is 15.0 Å². The quantitative estimate of drug-likeness (QED) is 0.545. The summed E-state index contributed by atoms with van der Waals surface area (Å²) in [5.41, 5.74) is -0.921. The van der Waals surface area contributed by atoms with E-state index in [0.717, 1.165) is 6.42 Å². The van der Waals surface area contributed by atoms with Crippen molar-refractivity contribution in [3.8, 4) is 0 Å².